The van der Waals surface area contributed by atoms with E-state index in [2.05, 4.69) is 33.9 Å². The van der Waals surface area contributed by atoms with Gasteiger partial charge in [0.2, 0.25) is 5.91 Å². The number of nitrogen functional groups attached to an aromatic ring is 1. The van der Waals surface area contributed by atoms with Gasteiger partial charge in [-0.2, -0.15) is 0 Å². The van der Waals surface area contributed by atoms with E-state index in [0.717, 1.165) is 68.9 Å². The Kier molecular flexibility index (Phi) is 8.20. The van der Waals surface area contributed by atoms with Crippen LogP contribution in [0.5, 0.6) is 0 Å². The minimum Gasteiger partial charge on any atom is -0.399 e. The van der Waals surface area contributed by atoms with Gasteiger partial charge in [-0.3, -0.25) is 14.4 Å². The van der Waals surface area contributed by atoms with E-state index in [0.29, 0.717) is 24.1 Å². The predicted octanol–water partition coefficient (Wildman–Crippen LogP) is 7.16. The number of aryl methyl sites for hydroxylation is 2. The lowest BCUT2D eigenvalue weighted by Crippen LogP contribution is -2.17. The molecule has 46 heavy (non-hydrogen) atoms. The van der Waals surface area contributed by atoms with E-state index in [9.17, 15) is 4.79 Å². The van der Waals surface area contributed by atoms with E-state index in [4.69, 9.17) is 31.8 Å². The summed E-state index contributed by atoms with van der Waals surface area (Å²) in [6, 6.07) is 19.0. The van der Waals surface area contributed by atoms with Crippen molar-refractivity contribution in [3.63, 3.8) is 0 Å². The highest BCUT2D eigenvalue weighted by Crippen LogP contribution is 2.39. The van der Waals surface area contributed by atoms with Crippen molar-refractivity contribution in [2.75, 3.05) is 11.1 Å². The SMILES string of the molecule is Cc1sc2c(c1C)C(c1ccc(Cl)cc1)=N[C@@H](CC(=O)Nc1ccc3c(c1)COC3)c1nnc(C)n1-2.Nc1ccc2c(c1)COC2. The zero-order valence-electron chi connectivity index (χ0n) is 25.8. The minimum atomic E-state index is -0.506. The van der Waals surface area contributed by atoms with E-state index in [-0.39, 0.29) is 12.3 Å². The van der Waals surface area contributed by atoms with Gasteiger partial charge < -0.3 is 20.5 Å². The summed E-state index contributed by atoms with van der Waals surface area (Å²) in [4.78, 5) is 19.6. The average Bonchev–Trinajstić information content (AvgIpc) is 3.82. The fraction of sp³-hybridized carbons (Fsp3) is 0.257. The van der Waals surface area contributed by atoms with Crippen LogP contribution >= 0.6 is 22.9 Å². The number of aromatic nitrogens is 3. The number of carbonyl (C=O) groups is 1. The molecule has 9 nitrogen and oxygen atoms in total. The molecule has 0 fully saturated rings. The molecule has 3 aliphatic heterocycles. The summed E-state index contributed by atoms with van der Waals surface area (Å²) in [6.45, 7) is 8.81. The molecular weight excluding hydrogens is 620 g/mol. The van der Waals surface area contributed by atoms with Crippen LogP contribution in [-0.2, 0) is 40.7 Å². The molecule has 0 spiro atoms. The lowest BCUT2D eigenvalue weighted by atomic mass is 9.99. The molecule has 0 bridgehead atoms. The number of amides is 1. The first-order valence-electron chi connectivity index (χ1n) is 15.1. The third-order valence-corrected chi connectivity index (χ3v) is 9.93. The fourth-order valence-corrected chi connectivity index (χ4v) is 7.30. The summed E-state index contributed by atoms with van der Waals surface area (Å²) < 4.78 is 12.8. The molecule has 2 aromatic heterocycles. The van der Waals surface area contributed by atoms with Crippen molar-refractivity contribution in [1.82, 2.24) is 14.8 Å². The molecule has 0 saturated heterocycles. The Morgan fingerprint density at radius 1 is 0.935 bits per heavy atom. The Bertz CT molecular complexity index is 2000. The zero-order chi connectivity index (χ0) is 31.9. The molecule has 5 aromatic rings. The maximum absolute atomic E-state index is 13.2. The topological polar surface area (TPSA) is 117 Å². The molecule has 8 rings (SSSR count). The van der Waals surface area contributed by atoms with Gasteiger partial charge in [-0.25, -0.2) is 0 Å². The number of carbonyl (C=O) groups excluding carboxylic acids is 1. The second-order valence-electron chi connectivity index (χ2n) is 11.7. The van der Waals surface area contributed by atoms with Gasteiger partial charge in [0.1, 0.15) is 16.9 Å². The van der Waals surface area contributed by atoms with Crippen molar-refractivity contribution in [2.24, 2.45) is 4.99 Å². The predicted molar refractivity (Wildman–Crippen MR) is 181 cm³/mol. The van der Waals surface area contributed by atoms with Gasteiger partial charge in [0, 0.05) is 32.4 Å². The van der Waals surface area contributed by atoms with Crippen LogP contribution in [0.25, 0.3) is 5.00 Å². The fourth-order valence-electron chi connectivity index (χ4n) is 5.96. The first-order chi connectivity index (χ1) is 22.2. The summed E-state index contributed by atoms with van der Waals surface area (Å²) >= 11 is 7.88. The molecule has 3 N–H and O–H groups in total. The standard InChI is InChI=1S/C27H24ClN5O2S.C8H9NO/c1-14-15(2)36-27-24(14)25(17-4-7-20(28)8-5-17)30-22(26-32-31-16(3)33(26)27)11-23(34)29-21-9-6-18-12-35-13-19(18)10-21;9-8-2-1-6-4-10-5-7(6)3-8/h4-10,22H,11-13H2,1-3H3,(H,29,34);1-3H,4-5,9H2/t22-;/m0./s1. The third kappa shape index (κ3) is 5.85. The van der Waals surface area contributed by atoms with Gasteiger partial charge in [0.25, 0.3) is 0 Å². The van der Waals surface area contributed by atoms with Crippen LogP contribution in [0, 0.1) is 20.8 Å². The average molecular weight is 653 g/mol. The van der Waals surface area contributed by atoms with E-state index in [1.54, 1.807) is 11.3 Å². The molecule has 0 radical (unpaired) electrons. The number of fused-ring (bicyclic) bond motifs is 5. The van der Waals surface area contributed by atoms with Gasteiger partial charge in [0.05, 0.1) is 38.6 Å². The number of nitrogens with two attached hydrogens (primary N) is 1. The molecule has 3 aromatic carbocycles. The quantitative estimate of drug-likeness (QED) is 0.199. The number of aliphatic imine (C=N–C) groups is 1. The smallest absolute Gasteiger partial charge is 0.227 e. The molecule has 0 unspecified atom stereocenters. The highest BCUT2D eigenvalue weighted by atomic mass is 35.5. The van der Waals surface area contributed by atoms with Gasteiger partial charge in [-0.05, 0) is 85.0 Å². The van der Waals surface area contributed by atoms with Crippen LogP contribution in [-0.4, -0.2) is 26.4 Å². The van der Waals surface area contributed by atoms with Crippen LogP contribution < -0.4 is 11.1 Å². The number of ether oxygens (including phenoxy) is 2. The molecule has 234 valence electrons. The minimum absolute atomic E-state index is 0.135. The highest BCUT2D eigenvalue weighted by Gasteiger charge is 2.32. The van der Waals surface area contributed by atoms with Crippen LogP contribution in [0.1, 0.15) is 67.9 Å². The van der Waals surface area contributed by atoms with Gasteiger partial charge >= 0.3 is 0 Å². The normalized spacial score (nSPS) is 15.9. The van der Waals surface area contributed by atoms with Gasteiger partial charge in [-0.15, -0.1) is 21.5 Å². The summed E-state index contributed by atoms with van der Waals surface area (Å²) in [6.07, 6.45) is 0.135. The number of benzene rings is 3. The second kappa shape index (κ2) is 12.4. The lowest BCUT2D eigenvalue weighted by molar-refractivity contribution is -0.116. The van der Waals surface area contributed by atoms with Crippen LogP contribution in [0.15, 0.2) is 65.7 Å². The Morgan fingerprint density at radius 3 is 2.35 bits per heavy atom. The summed E-state index contributed by atoms with van der Waals surface area (Å²) in [5.74, 6) is 1.30. The van der Waals surface area contributed by atoms with Crippen molar-refractivity contribution in [3.8, 4) is 5.00 Å². The third-order valence-electron chi connectivity index (χ3n) is 8.49. The molecule has 5 heterocycles. The molecule has 0 aliphatic carbocycles. The molecule has 1 amide bonds. The van der Waals surface area contributed by atoms with E-state index in [1.807, 2.05) is 67.6 Å². The van der Waals surface area contributed by atoms with Gasteiger partial charge in [0.15, 0.2) is 5.82 Å². The Balaban J connectivity index is 0.000000286. The van der Waals surface area contributed by atoms with E-state index in [1.165, 1.54) is 16.0 Å². The number of nitrogens with one attached hydrogen (secondary N) is 1. The Labute approximate surface area is 276 Å². The monoisotopic (exact) mass is 652 g/mol. The second-order valence-corrected chi connectivity index (χ2v) is 13.3. The van der Waals surface area contributed by atoms with Crippen molar-refractivity contribution < 1.29 is 14.3 Å². The first kappa shape index (κ1) is 30.3. The van der Waals surface area contributed by atoms with E-state index >= 15 is 0 Å². The largest absolute Gasteiger partial charge is 0.399 e. The van der Waals surface area contributed by atoms with Crippen LogP contribution in [0.3, 0.4) is 0 Å². The van der Waals surface area contributed by atoms with E-state index < -0.39 is 6.04 Å². The Morgan fingerprint density at radius 2 is 1.61 bits per heavy atom. The van der Waals surface area contributed by atoms with Crippen molar-refractivity contribution in [1.29, 1.82) is 0 Å². The summed E-state index contributed by atoms with van der Waals surface area (Å²) in [5, 5.41) is 13.6. The molecular formula is C35H33ClN6O3S. The molecule has 1 atom stereocenters. The molecule has 11 heteroatoms. The number of thiophene rings is 1. The number of nitrogens with zero attached hydrogens (tertiary/aromatic N) is 4. The van der Waals surface area contributed by atoms with Crippen molar-refractivity contribution in [3.05, 3.63) is 121 Å². The Hall–Kier alpha value is -4.35. The number of rotatable bonds is 4. The zero-order valence-corrected chi connectivity index (χ0v) is 27.3. The number of hydrogen-bond acceptors (Lipinski definition) is 8. The number of hydrogen-bond donors (Lipinski definition) is 2. The maximum atomic E-state index is 13.2. The lowest BCUT2D eigenvalue weighted by Gasteiger charge is -2.13. The van der Waals surface area contributed by atoms with Crippen molar-refractivity contribution >= 4 is 45.9 Å². The first-order valence-corrected chi connectivity index (χ1v) is 16.3. The summed E-state index contributed by atoms with van der Waals surface area (Å²) in [7, 11) is 0. The molecule has 3 aliphatic rings. The summed E-state index contributed by atoms with van der Waals surface area (Å²) in [5.41, 5.74) is 15.9. The number of halogens is 1. The molecule has 0 saturated carbocycles. The maximum Gasteiger partial charge on any atom is 0.227 e. The van der Waals surface area contributed by atoms with Gasteiger partial charge in [-0.1, -0.05) is 35.9 Å². The highest BCUT2D eigenvalue weighted by molar-refractivity contribution is 7.15. The number of anilines is 2. The van der Waals surface area contributed by atoms with Crippen molar-refractivity contribution in [2.45, 2.75) is 59.7 Å². The van der Waals surface area contributed by atoms with Crippen LogP contribution in [0.2, 0.25) is 5.02 Å². The van der Waals surface area contributed by atoms with Crippen LogP contribution in [0.4, 0.5) is 11.4 Å².